The number of carbonyl (C=O) groups excluding carboxylic acids is 1. The van der Waals surface area contributed by atoms with E-state index in [1.165, 1.54) is 5.56 Å². The van der Waals surface area contributed by atoms with Gasteiger partial charge in [-0.15, -0.1) is 0 Å². The van der Waals surface area contributed by atoms with E-state index in [0.29, 0.717) is 12.5 Å². The van der Waals surface area contributed by atoms with Gasteiger partial charge in [0.05, 0.1) is 0 Å². The van der Waals surface area contributed by atoms with Crippen molar-refractivity contribution in [1.29, 1.82) is 0 Å². The Balaban J connectivity index is 1.99. The lowest BCUT2D eigenvalue weighted by Gasteiger charge is -2.31. The molecule has 96 valence electrons. The van der Waals surface area contributed by atoms with Crippen molar-refractivity contribution in [3.05, 3.63) is 23.8 Å². The van der Waals surface area contributed by atoms with E-state index in [1.54, 1.807) is 0 Å². The van der Waals surface area contributed by atoms with Crippen molar-refractivity contribution in [2.45, 2.75) is 39.2 Å². The Bertz CT molecular complexity index is 507. The second kappa shape index (κ2) is 3.74. The molecule has 0 radical (unpaired) electrons. The summed E-state index contributed by atoms with van der Waals surface area (Å²) in [7, 11) is 1.93. The summed E-state index contributed by atoms with van der Waals surface area (Å²) in [6.07, 6.45) is 2.63. The van der Waals surface area contributed by atoms with Crippen LogP contribution in [0.25, 0.3) is 0 Å². The second-order valence-corrected chi connectivity index (χ2v) is 6.07. The highest BCUT2D eigenvalue weighted by atomic mass is 16.2. The van der Waals surface area contributed by atoms with Crippen molar-refractivity contribution >= 4 is 17.3 Å². The van der Waals surface area contributed by atoms with Crippen molar-refractivity contribution in [2.24, 2.45) is 5.41 Å². The molecule has 18 heavy (non-hydrogen) atoms. The zero-order valence-electron chi connectivity index (χ0n) is 11.3. The summed E-state index contributed by atoms with van der Waals surface area (Å²) in [5.74, 6) is 0.287. The van der Waals surface area contributed by atoms with Crippen LogP contribution in [0.5, 0.6) is 0 Å². The van der Waals surface area contributed by atoms with Gasteiger partial charge in [-0.05, 0) is 42.0 Å². The molecule has 1 atom stereocenters. The third-order valence-corrected chi connectivity index (χ3v) is 4.28. The van der Waals surface area contributed by atoms with E-state index >= 15 is 0 Å². The summed E-state index contributed by atoms with van der Waals surface area (Å²) in [5, 5.41) is 3.16. The van der Waals surface area contributed by atoms with E-state index in [9.17, 15) is 4.79 Å². The molecule has 1 aliphatic carbocycles. The number of anilines is 2. The van der Waals surface area contributed by atoms with Gasteiger partial charge in [-0.2, -0.15) is 0 Å². The normalized spacial score (nSPS) is 24.7. The summed E-state index contributed by atoms with van der Waals surface area (Å²) in [6, 6.07) is 6.71. The summed E-state index contributed by atoms with van der Waals surface area (Å²) < 4.78 is 0. The van der Waals surface area contributed by atoms with Crippen LogP contribution < -0.4 is 10.2 Å². The molecule has 1 heterocycles. The Morgan fingerprint density at radius 3 is 2.67 bits per heavy atom. The molecule has 1 unspecified atom stereocenters. The first-order valence-electron chi connectivity index (χ1n) is 6.66. The van der Waals surface area contributed by atoms with E-state index in [0.717, 1.165) is 24.2 Å². The number of nitrogens with one attached hydrogen (secondary N) is 1. The van der Waals surface area contributed by atoms with E-state index in [4.69, 9.17) is 0 Å². The maximum Gasteiger partial charge on any atom is 0.227 e. The lowest BCUT2D eigenvalue weighted by Crippen LogP contribution is -2.38. The van der Waals surface area contributed by atoms with E-state index in [2.05, 4.69) is 37.4 Å². The van der Waals surface area contributed by atoms with E-state index < -0.39 is 0 Å². The van der Waals surface area contributed by atoms with Gasteiger partial charge in [0.25, 0.3) is 0 Å². The number of benzene rings is 1. The minimum absolute atomic E-state index is 0.284. The molecule has 1 aliphatic heterocycles. The first-order valence-corrected chi connectivity index (χ1v) is 6.66. The number of carbonyl (C=O) groups is 1. The minimum atomic E-state index is 0.284. The highest BCUT2D eigenvalue weighted by Crippen LogP contribution is 2.51. The van der Waals surface area contributed by atoms with Crippen LogP contribution in [0.1, 0.15) is 32.3 Å². The van der Waals surface area contributed by atoms with E-state index in [-0.39, 0.29) is 11.3 Å². The van der Waals surface area contributed by atoms with Crippen LogP contribution in [0.15, 0.2) is 18.2 Å². The fraction of sp³-hybridized carbons (Fsp3) is 0.533. The summed E-state index contributed by atoms with van der Waals surface area (Å²) >= 11 is 0. The van der Waals surface area contributed by atoms with Crippen molar-refractivity contribution in [3.8, 4) is 0 Å². The van der Waals surface area contributed by atoms with Gasteiger partial charge in [0, 0.05) is 30.9 Å². The molecule has 3 nitrogen and oxygen atoms in total. The molecule has 0 saturated heterocycles. The van der Waals surface area contributed by atoms with Gasteiger partial charge in [-0.1, -0.05) is 13.8 Å². The predicted molar refractivity (Wildman–Crippen MR) is 74.0 cm³/mol. The van der Waals surface area contributed by atoms with Crippen molar-refractivity contribution in [1.82, 2.24) is 0 Å². The van der Waals surface area contributed by atoms with E-state index in [1.807, 2.05) is 11.9 Å². The zero-order chi connectivity index (χ0) is 12.9. The maximum atomic E-state index is 12.2. The van der Waals surface area contributed by atoms with Crippen LogP contribution in [-0.2, 0) is 11.2 Å². The molecule has 1 fully saturated rings. The van der Waals surface area contributed by atoms with Gasteiger partial charge in [0.1, 0.15) is 0 Å². The van der Waals surface area contributed by atoms with Crippen LogP contribution in [0.3, 0.4) is 0 Å². The molecule has 0 spiro atoms. The molecular weight excluding hydrogens is 224 g/mol. The molecule has 1 N–H and O–H groups in total. The largest absolute Gasteiger partial charge is 0.388 e. The Morgan fingerprint density at radius 2 is 2.06 bits per heavy atom. The highest BCUT2D eigenvalue weighted by molar-refractivity contribution is 5.98. The number of fused-ring (bicyclic) bond motifs is 1. The van der Waals surface area contributed by atoms with Crippen LogP contribution in [0.4, 0.5) is 11.4 Å². The molecule has 1 saturated carbocycles. The maximum absolute atomic E-state index is 12.2. The van der Waals surface area contributed by atoms with Crippen molar-refractivity contribution in [3.63, 3.8) is 0 Å². The lowest BCUT2D eigenvalue weighted by molar-refractivity contribution is -0.119. The van der Waals surface area contributed by atoms with Crippen molar-refractivity contribution < 1.29 is 4.79 Å². The quantitative estimate of drug-likeness (QED) is 0.867. The molecule has 3 heteroatoms. The fourth-order valence-electron chi connectivity index (χ4n) is 2.89. The van der Waals surface area contributed by atoms with Crippen LogP contribution in [0.2, 0.25) is 0 Å². The number of hydrogen-bond donors (Lipinski definition) is 1. The summed E-state index contributed by atoms with van der Waals surface area (Å²) in [6.45, 7) is 4.47. The van der Waals surface area contributed by atoms with Gasteiger partial charge >= 0.3 is 0 Å². The van der Waals surface area contributed by atoms with Crippen LogP contribution in [0, 0.1) is 5.41 Å². The first-order chi connectivity index (χ1) is 8.53. The number of nitrogens with zero attached hydrogens (tertiary/aromatic N) is 1. The molecule has 2 aliphatic rings. The summed E-state index contributed by atoms with van der Waals surface area (Å²) in [5.41, 5.74) is 3.83. The zero-order valence-corrected chi connectivity index (χ0v) is 11.3. The molecule has 0 aromatic heterocycles. The van der Waals surface area contributed by atoms with Gasteiger partial charge < -0.3 is 10.2 Å². The topological polar surface area (TPSA) is 32.3 Å². The molecule has 3 rings (SSSR count). The third-order valence-electron chi connectivity index (χ3n) is 4.28. The monoisotopic (exact) mass is 244 g/mol. The van der Waals surface area contributed by atoms with Crippen molar-refractivity contribution in [2.75, 3.05) is 17.3 Å². The lowest BCUT2D eigenvalue weighted by atomic mass is 9.99. The van der Waals surface area contributed by atoms with Gasteiger partial charge in [-0.25, -0.2) is 0 Å². The van der Waals surface area contributed by atoms with Gasteiger partial charge in [0.15, 0.2) is 0 Å². The Kier molecular flexibility index (Phi) is 2.40. The second-order valence-electron chi connectivity index (χ2n) is 6.07. The number of hydrogen-bond acceptors (Lipinski definition) is 2. The first kappa shape index (κ1) is 11.6. The third kappa shape index (κ3) is 1.69. The minimum Gasteiger partial charge on any atom is -0.388 e. The van der Waals surface area contributed by atoms with Gasteiger partial charge in [-0.3, -0.25) is 4.79 Å². The molecule has 1 aromatic carbocycles. The predicted octanol–water partition coefficient (Wildman–Crippen LogP) is 2.81. The standard InChI is InChI=1S/C15H20N2O/c1-15(2)9-13(15)17-12-6-5-11(16-3)8-10(12)4-7-14(17)18/h5-6,8,13,16H,4,7,9H2,1-3H3. The average molecular weight is 244 g/mol. The SMILES string of the molecule is CNc1ccc2c(c1)CCC(=O)N2C1CC1(C)C. The number of aryl methyl sites for hydroxylation is 1. The fourth-order valence-corrected chi connectivity index (χ4v) is 2.89. The van der Waals surface area contributed by atoms with Crippen LogP contribution >= 0.6 is 0 Å². The van der Waals surface area contributed by atoms with Gasteiger partial charge in [0.2, 0.25) is 5.91 Å². The number of rotatable bonds is 2. The smallest absolute Gasteiger partial charge is 0.227 e. The Hall–Kier alpha value is -1.51. The van der Waals surface area contributed by atoms with Crippen LogP contribution in [-0.4, -0.2) is 19.0 Å². The molecular formula is C15H20N2O. The molecule has 1 aromatic rings. The molecule has 1 amide bonds. The highest BCUT2D eigenvalue weighted by Gasteiger charge is 2.52. The average Bonchev–Trinajstić information content (AvgIpc) is 2.97. The molecule has 0 bridgehead atoms. The Morgan fingerprint density at radius 1 is 1.33 bits per heavy atom. The summed E-state index contributed by atoms with van der Waals surface area (Å²) in [4.78, 5) is 14.2. The Labute approximate surface area is 108 Å². The number of amides is 1.